The molecule has 1 fully saturated rings. The third kappa shape index (κ3) is 6.60. The average Bonchev–Trinajstić information content (AvgIpc) is 2.71. The van der Waals surface area contributed by atoms with E-state index in [0.29, 0.717) is 11.4 Å². The number of rotatable bonds is 5. The molecule has 0 saturated carbocycles. The van der Waals surface area contributed by atoms with Gasteiger partial charge in [-0.2, -0.15) is 0 Å². The summed E-state index contributed by atoms with van der Waals surface area (Å²) in [6, 6.07) is 17.4. The number of aliphatic imine (C=N–C) groups is 1. The number of anilines is 1. The van der Waals surface area contributed by atoms with Crippen LogP contribution in [0.5, 0.6) is 0 Å². The maximum Gasteiger partial charge on any atom is 0.194 e. The zero-order valence-electron chi connectivity index (χ0n) is 16.9. The van der Waals surface area contributed by atoms with E-state index in [1.54, 1.807) is 12.1 Å². The molecular weight excluding hydrogens is 499 g/mol. The Hall–Kier alpha value is -1.81. The van der Waals surface area contributed by atoms with Crippen LogP contribution < -0.4 is 10.2 Å². The van der Waals surface area contributed by atoms with Crippen LogP contribution >= 0.6 is 24.0 Å². The molecule has 2 aromatic rings. The van der Waals surface area contributed by atoms with Crippen molar-refractivity contribution < 1.29 is 8.42 Å². The van der Waals surface area contributed by atoms with Crippen molar-refractivity contribution in [3.05, 3.63) is 60.2 Å². The lowest BCUT2D eigenvalue weighted by molar-refractivity contribution is 0.372. The highest BCUT2D eigenvalue weighted by atomic mass is 127. The van der Waals surface area contributed by atoms with Gasteiger partial charge >= 0.3 is 0 Å². The molecule has 0 radical (unpaired) electrons. The van der Waals surface area contributed by atoms with Crippen molar-refractivity contribution in [2.75, 3.05) is 43.9 Å². The molecule has 1 heterocycles. The quantitative estimate of drug-likeness (QED) is 0.368. The van der Waals surface area contributed by atoms with E-state index >= 15 is 0 Å². The summed E-state index contributed by atoms with van der Waals surface area (Å²) >= 11 is 0. The lowest BCUT2D eigenvalue weighted by atomic mass is 10.2. The molecule has 6 nitrogen and oxygen atoms in total. The first-order valence-electron chi connectivity index (χ1n) is 9.59. The van der Waals surface area contributed by atoms with E-state index in [2.05, 4.69) is 46.3 Å². The summed E-state index contributed by atoms with van der Waals surface area (Å²) in [5.74, 6) is 0.905. The van der Waals surface area contributed by atoms with Gasteiger partial charge in [-0.15, -0.1) is 24.0 Å². The number of benzene rings is 2. The molecule has 0 amide bonds. The van der Waals surface area contributed by atoms with Crippen LogP contribution in [0.15, 0.2) is 64.5 Å². The van der Waals surface area contributed by atoms with Crippen LogP contribution in [-0.4, -0.2) is 58.3 Å². The Bertz CT molecular complexity index is 894. The summed E-state index contributed by atoms with van der Waals surface area (Å²) < 4.78 is 23.2. The Labute approximate surface area is 191 Å². The predicted molar refractivity (Wildman–Crippen MR) is 130 cm³/mol. The largest absolute Gasteiger partial charge is 0.368 e. The molecule has 158 valence electrons. The van der Waals surface area contributed by atoms with Crippen LogP contribution in [0.4, 0.5) is 5.69 Å². The number of nitrogens with zero attached hydrogens (tertiary/aromatic N) is 3. The highest BCUT2D eigenvalue weighted by Crippen LogP contribution is 2.16. The van der Waals surface area contributed by atoms with Crippen LogP contribution in [0.3, 0.4) is 0 Å². The first-order chi connectivity index (χ1) is 13.5. The van der Waals surface area contributed by atoms with Gasteiger partial charge in [0.05, 0.1) is 11.4 Å². The Morgan fingerprint density at radius 2 is 1.62 bits per heavy atom. The van der Waals surface area contributed by atoms with Crippen LogP contribution in [0.2, 0.25) is 0 Å². The van der Waals surface area contributed by atoms with Gasteiger partial charge in [0.2, 0.25) is 0 Å². The number of para-hydroxylation sites is 1. The SMILES string of the molecule is CCNC(=NCc1ccc(S(C)(=O)=O)cc1)N1CCN(c2ccccc2)CC1.I. The maximum atomic E-state index is 11.6. The minimum absolute atomic E-state index is 0. The topological polar surface area (TPSA) is 65.0 Å². The maximum absolute atomic E-state index is 11.6. The van der Waals surface area contributed by atoms with Gasteiger partial charge in [-0.25, -0.2) is 13.4 Å². The number of sulfone groups is 1. The first-order valence-corrected chi connectivity index (χ1v) is 11.5. The summed E-state index contributed by atoms with van der Waals surface area (Å²) in [7, 11) is -3.17. The van der Waals surface area contributed by atoms with E-state index < -0.39 is 9.84 Å². The molecule has 0 bridgehead atoms. The van der Waals surface area contributed by atoms with E-state index in [1.807, 2.05) is 18.2 Å². The highest BCUT2D eigenvalue weighted by Gasteiger charge is 2.19. The molecule has 0 aliphatic carbocycles. The molecule has 1 aliphatic heterocycles. The van der Waals surface area contributed by atoms with Gasteiger partial charge in [-0.05, 0) is 36.8 Å². The van der Waals surface area contributed by atoms with E-state index in [9.17, 15) is 8.42 Å². The fourth-order valence-corrected chi connectivity index (χ4v) is 3.88. The van der Waals surface area contributed by atoms with Crippen molar-refractivity contribution in [3.8, 4) is 0 Å². The highest BCUT2D eigenvalue weighted by molar-refractivity contribution is 14.0. The third-order valence-corrected chi connectivity index (χ3v) is 5.93. The third-order valence-electron chi connectivity index (χ3n) is 4.80. The average molecular weight is 528 g/mol. The second kappa shape index (κ2) is 10.8. The van der Waals surface area contributed by atoms with Crippen molar-refractivity contribution in [3.63, 3.8) is 0 Å². The van der Waals surface area contributed by atoms with Gasteiger partial charge in [0.1, 0.15) is 0 Å². The molecule has 8 heteroatoms. The molecular formula is C21H29IN4O2S. The van der Waals surface area contributed by atoms with Crippen molar-refractivity contribution in [1.29, 1.82) is 0 Å². The molecule has 1 N–H and O–H groups in total. The Balaban J connectivity index is 0.00000300. The Morgan fingerprint density at radius 1 is 1.00 bits per heavy atom. The molecule has 0 unspecified atom stereocenters. The monoisotopic (exact) mass is 528 g/mol. The molecule has 29 heavy (non-hydrogen) atoms. The number of hydrogen-bond donors (Lipinski definition) is 1. The Morgan fingerprint density at radius 3 is 2.17 bits per heavy atom. The standard InChI is InChI=1S/C21H28N4O2S.HI/c1-3-22-21(23-17-18-9-11-20(12-10-18)28(2,26)27)25-15-13-24(14-16-25)19-7-5-4-6-8-19;/h4-12H,3,13-17H2,1-2H3,(H,22,23);1H. The van der Waals surface area contributed by atoms with Gasteiger partial charge in [0.15, 0.2) is 15.8 Å². The van der Waals surface area contributed by atoms with E-state index in [4.69, 9.17) is 4.99 Å². The molecule has 0 aromatic heterocycles. The van der Waals surface area contributed by atoms with E-state index in [1.165, 1.54) is 11.9 Å². The molecule has 3 rings (SSSR count). The number of nitrogens with one attached hydrogen (secondary N) is 1. The van der Waals surface area contributed by atoms with E-state index in [-0.39, 0.29) is 24.0 Å². The minimum atomic E-state index is -3.17. The molecule has 0 atom stereocenters. The van der Waals surface area contributed by atoms with Crippen molar-refractivity contribution in [2.24, 2.45) is 4.99 Å². The van der Waals surface area contributed by atoms with Gasteiger partial charge < -0.3 is 15.1 Å². The Kier molecular flexibility index (Phi) is 8.76. The second-order valence-corrected chi connectivity index (χ2v) is 8.91. The minimum Gasteiger partial charge on any atom is -0.368 e. The van der Waals surface area contributed by atoms with Crippen molar-refractivity contribution in [2.45, 2.75) is 18.4 Å². The van der Waals surface area contributed by atoms with Crippen LogP contribution in [0.25, 0.3) is 0 Å². The number of guanidine groups is 1. The summed E-state index contributed by atoms with van der Waals surface area (Å²) in [5.41, 5.74) is 2.25. The predicted octanol–water partition coefficient (Wildman–Crippen LogP) is 3.00. The van der Waals surface area contributed by atoms with E-state index in [0.717, 1.165) is 44.2 Å². The van der Waals surface area contributed by atoms with Gasteiger partial charge in [0, 0.05) is 44.7 Å². The fraction of sp³-hybridized carbons (Fsp3) is 0.381. The number of halogens is 1. The second-order valence-electron chi connectivity index (χ2n) is 6.90. The lowest BCUT2D eigenvalue weighted by Crippen LogP contribution is -2.52. The molecule has 1 aliphatic rings. The molecule has 0 spiro atoms. The van der Waals surface area contributed by atoms with Gasteiger partial charge in [0.25, 0.3) is 0 Å². The van der Waals surface area contributed by atoms with Crippen molar-refractivity contribution in [1.82, 2.24) is 10.2 Å². The van der Waals surface area contributed by atoms with Gasteiger partial charge in [-0.1, -0.05) is 30.3 Å². The summed E-state index contributed by atoms with van der Waals surface area (Å²) in [5, 5.41) is 3.37. The van der Waals surface area contributed by atoms with Crippen LogP contribution in [0.1, 0.15) is 12.5 Å². The number of piperazine rings is 1. The van der Waals surface area contributed by atoms with Crippen LogP contribution in [0, 0.1) is 0 Å². The zero-order valence-corrected chi connectivity index (χ0v) is 20.1. The lowest BCUT2D eigenvalue weighted by Gasteiger charge is -2.37. The molecule has 2 aromatic carbocycles. The van der Waals surface area contributed by atoms with Crippen LogP contribution in [-0.2, 0) is 16.4 Å². The smallest absolute Gasteiger partial charge is 0.194 e. The first kappa shape index (κ1) is 23.5. The normalized spacial score (nSPS) is 15.0. The summed E-state index contributed by atoms with van der Waals surface area (Å²) in [6.45, 7) is 7.13. The van der Waals surface area contributed by atoms with Crippen molar-refractivity contribution >= 4 is 45.5 Å². The number of hydrogen-bond acceptors (Lipinski definition) is 4. The molecule has 1 saturated heterocycles. The fourth-order valence-electron chi connectivity index (χ4n) is 3.25. The van der Waals surface area contributed by atoms with Gasteiger partial charge in [-0.3, -0.25) is 0 Å². The summed E-state index contributed by atoms with van der Waals surface area (Å²) in [4.78, 5) is 9.78. The zero-order chi connectivity index (χ0) is 20.0. The summed E-state index contributed by atoms with van der Waals surface area (Å²) in [6.07, 6.45) is 1.22.